The van der Waals surface area contributed by atoms with Crippen molar-refractivity contribution < 1.29 is 9.32 Å². The van der Waals surface area contributed by atoms with E-state index in [2.05, 4.69) is 10.3 Å². The molecule has 0 atom stereocenters. The van der Waals surface area contributed by atoms with E-state index in [1.54, 1.807) is 16.5 Å². The minimum Gasteiger partial charge on any atom is -0.349 e. The molecule has 124 valence electrons. The zero-order valence-electron chi connectivity index (χ0n) is 13.0. The van der Waals surface area contributed by atoms with Crippen LogP contribution in [-0.4, -0.2) is 43.4 Å². The van der Waals surface area contributed by atoms with Crippen LogP contribution in [0.3, 0.4) is 0 Å². The average Bonchev–Trinajstić information content (AvgIpc) is 3.11. The van der Waals surface area contributed by atoms with Crippen molar-refractivity contribution in [3.63, 3.8) is 0 Å². The molecule has 0 radical (unpaired) electrons. The molecule has 2 aromatic heterocycles. The highest BCUT2D eigenvalue weighted by Crippen LogP contribution is 2.27. The first-order valence-electron chi connectivity index (χ1n) is 7.56. The average molecular weight is 340 g/mol. The van der Waals surface area contributed by atoms with Crippen molar-refractivity contribution >= 4 is 17.5 Å². The lowest BCUT2D eigenvalue weighted by Crippen LogP contribution is -2.38. The number of aromatic nitrogens is 4. The lowest BCUT2D eigenvalue weighted by Gasteiger charge is -2.30. The van der Waals surface area contributed by atoms with Gasteiger partial charge in [-0.3, -0.25) is 9.36 Å². The summed E-state index contributed by atoms with van der Waals surface area (Å²) in [5.41, 5.74) is -0.0997. The predicted molar refractivity (Wildman–Crippen MR) is 82.5 cm³/mol. The Labute approximate surface area is 137 Å². The van der Waals surface area contributed by atoms with Crippen molar-refractivity contribution in [3.8, 4) is 0 Å². The predicted octanol–water partition coefficient (Wildman–Crippen LogP) is 1.26. The Balaban J connectivity index is 1.70. The van der Waals surface area contributed by atoms with E-state index < -0.39 is 0 Å². The van der Waals surface area contributed by atoms with Gasteiger partial charge in [-0.1, -0.05) is 16.8 Å². The smallest absolute Gasteiger partial charge is 0.345 e. The standard InChI is InChI=1S/C14H18ClN5O3/c1-3-20-12(16-18(2)14(20)22)9-4-6-19(7-5-9)13(21)10-8-11(15)17-23-10/h8-9H,3-7H2,1-2H3. The summed E-state index contributed by atoms with van der Waals surface area (Å²) in [6.45, 7) is 3.68. The van der Waals surface area contributed by atoms with Crippen LogP contribution < -0.4 is 5.69 Å². The Hall–Kier alpha value is -2.09. The number of hydrogen-bond acceptors (Lipinski definition) is 5. The first-order valence-corrected chi connectivity index (χ1v) is 7.94. The highest BCUT2D eigenvalue weighted by Gasteiger charge is 2.29. The summed E-state index contributed by atoms with van der Waals surface area (Å²) < 4.78 is 7.97. The maximum absolute atomic E-state index is 12.3. The molecule has 1 amide bonds. The molecule has 2 aromatic rings. The molecule has 0 N–H and O–H groups in total. The van der Waals surface area contributed by atoms with Crippen molar-refractivity contribution in [1.82, 2.24) is 24.4 Å². The second-order valence-electron chi connectivity index (χ2n) is 5.59. The second-order valence-corrected chi connectivity index (χ2v) is 5.98. The highest BCUT2D eigenvalue weighted by atomic mass is 35.5. The van der Waals surface area contributed by atoms with E-state index in [1.807, 2.05) is 6.92 Å². The molecule has 0 aromatic carbocycles. The van der Waals surface area contributed by atoms with Crippen LogP contribution in [0.5, 0.6) is 0 Å². The second kappa shape index (κ2) is 6.19. The number of carbonyl (C=O) groups is 1. The fourth-order valence-electron chi connectivity index (χ4n) is 2.97. The first-order chi connectivity index (χ1) is 11.0. The van der Waals surface area contributed by atoms with Crippen molar-refractivity contribution in [2.75, 3.05) is 13.1 Å². The topological polar surface area (TPSA) is 86.2 Å². The van der Waals surface area contributed by atoms with Crippen molar-refractivity contribution in [2.24, 2.45) is 7.05 Å². The van der Waals surface area contributed by atoms with Gasteiger partial charge in [-0.05, 0) is 19.8 Å². The minimum absolute atomic E-state index is 0.0997. The Morgan fingerprint density at radius 3 is 2.70 bits per heavy atom. The maximum Gasteiger partial charge on any atom is 0.345 e. The van der Waals surface area contributed by atoms with Crippen LogP contribution in [0.1, 0.15) is 42.1 Å². The minimum atomic E-state index is -0.211. The molecule has 0 aliphatic carbocycles. The number of halogens is 1. The normalized spacial score (nSPS) is 16.0. The number of aryl methyl sites for hydroxylation is 1. The molecule has 0 spiro atoms. The number of carbonyl (C=O) groups excluding carboxylic acids is 1. The van der Waals surface area contributed by atoms with E-state index in [-0.39, 0.29) is 28.4 Å². The van der Waals surface area contributed by atoms with Crippen molar-refractivity contribution in [3.05, 3.63) is 33.3 Å². The van der Waals surface area contributed by atoms with Gasteiger partial charge in [0.15, 0.2) is 5.15 Å². The Morgan fingerprint density at radius 1 is 1.43 bits per heavy atom. The van der Waals surface area contributed by atoms with Crippen LogP contribution in [0.15, 0.2) is 15.4 Å². The third-order valence-corrected chi connectivity index (χ3v) is 4.37. The summed E-state index contributed by atoms with van der Waals surface area (Å²) in [6, 6.07) is 1.42. The van der Waals surface area contributed by atoms with E-state index in [9.17, 15) is 9.59 Å². The monoisotopic (exact) mass is 339 g/mol. The molecule has 1 aliphatic heterocycles. The largest absolute Gasteiger partial charge is 0.349 e. The molecular formula is C14H18ClN5O3. The van der Waals surface area contributed by atoms with Gasteiger partial charge in [-0.15, -0.1) is 0 Å². The number of likely N-dealkylation sites (tertiary alicyclic amines) is 1. The summed E-state index contributed by atoms with van der Waals surface area (Å²) in [5.74, 6) is 0.912. The summed E-state index contributed by atoms with van der Waals surface area (Å²) >= 11 is 5.68. The van der Waals surface area contributed by atoms with Gasteiger partial charge >= 0.3 is 5.69 Å². The molecule has 1 aliphatic rings. The number of amides is 1. The molecule has 1 fully saturated rings. The van der Waals surface area contributed by atoms with Crippen LogP contribution in [-0.2, 0) is 13.6 Å². The number of nitrogens with zero attached hydrogens (tertiary/aromatic N) is 5. The highest BCUT2D eigenvalue weighted by molar-refractivity contribution is 6.29. The number of piperidine rings is 1. The van der Waals surface area contributed by atoms with Crippen molar-refractivity contribution in [2.45, 2.75) is 32.2 Å². The van der Waals surface area contributed by atoms with Crippen LogP contribution in [0.25, 0.3) is 0 Å². The molecular weight excluding hydrogens is 322 g/mol. The van der Waals surface area contributed by atoms with Crippen LogP contribution >= 0.6 is 11.6 Å². The van der Waals surface area contributed by atoms with Crippen molar-refractivity contribution in [1.29, 1.82) is 0 Å². The van der Waals surface area contributed by atoms with Crippen LogP contribution in [0.2, 0.25) is 5.15 Å². The molecule has 0 bridgehead atoms. The quantitative estimate of drug-likeness (QED) is 0.840. The lowest BCUT2D eigenvalue weighted by molar-refractivity contribution is 0.0668. The molecule has 0 unspecified atom stereocenters. The zero-order chi connectivity index (χ0) is 16.6. The molecule has 23 heavy (non-hydrogen) atoms. The zero-order valence-corrected chi connectivity index (χ0v) is 13.8. The van der Waals surface area contributed by atoms with E-state index in [4.69, 9.17) is 16.1 Å². The molecule has 1 saturated heterocycles. The van der Waals surface area contributed by atoms with Gasteiger partial charge in [0.2, 0.25) is 5.76 Å². The third-order valence-electron chi connectivity index (χ3n) is 4.19. The number of hydrogen-bond donors (Lipinski definition) is 0. The van der Waals surface area contributed by atoms with E-state index >= 15 is 0 Å². The summed E-state index contributed by atoms with van der Waals surface area (Å²) in [7, 11) is 1.66. The maximum atomic E-state index is 12.3. The SMILES string of the molecule is CCn1c(C2CCN(C(=O)c3cc(Cl)no3)CC2)nn(C)c1=O. The Morgan fingerprint density at radius 2 is 2.13 bits per heavy atom. The molecule has 3 rings (SSSR count). The summed E-state index contributed by atoms with van der Waals surface area (Å²) in [4.78, 5) is 26.0. The van der Waals surface area contributed by atoms with Gasteiger partial charge in [-0.2, -0.15) is 5.10 Å². The van der Waals surface area contributed by atoms with E-state index in [1.165, 1.54) is 10.7 Å². The lowest BCUT2D eigenvalue weighted by atomic mass is 9.95. The van der Waals surface area contributed by atoms with Gasteiger partial charge < -0.3 is 9.42 Å². The van der Waals surface area contributed by atoms with Gasteiger partial charge in [0.05, 0.1) is 0 Å². The van der Waals surface area contributed by atoms with Crippen LogP contribution in [0, 0.1) is 0 Å². The molecule has 3 heterocycles. The van der Waals surface area contributed by atoms with Gasteiger partial charge in [0.1, 0.15) is 5.82 Å². The van der Waals surface area contributed by atoms with Gasteiger partial charge in [0.25, 0.3) is 5.91 Å². The summed E-state index contributed by atoms with van der Waals surface area (Å²) in [6.07, 6.45) is 1.51. The van der Waals surface area contributed by atoms with Gasteiger partial charge in [-0.25, -0.2) is 9.48 Å². The third kappa shape index (κ3) is 2.90. The number of rotatable bonds is 3. The Kier molecular flexibility index (Phi) is 4.25. The van der Waals surface area contributed by atoms with E-state index in [0.717, 1.165) is 18.7 Å². The van der Waals surface area contributed by atoms with E-state index in [0.29, 0.717) is 19.6 Å². The molecule has 0 saturated carbocycles. The van der Waals surface area contributed by atoms with Crippen LogP contribution in [0.4, 0.5) is 0 Å². The summed E-state index contributed by atoms with van der Waals surface area (Å²) in [5, 5.41) is 8.05. The Bertz CT molecular complexity index is 770. The van der Waals surface area contributed by atoms with Gasteiger partial charge in [0, 0.05) is 38.7 Å². The fourth-order valence-corrected chi connectivity index (χ4v) is 3.11. The molecule has 8 nitrogen and oxygen atoms in total. The first kappa shape index (κ1) is 15.8. The fraction of sp³-hybridized carbons (Fsp3) is 0.571. The molecule has 9 heteroatoms.